The second kappa shape index (κ2) is 8.23. The van der Waals surface area contributed by atoms with E-state index in [2.05, 4.69) is 42.6 Å². The molecule has 30 heavy (non-hydrogen) atoms. The van der Waals surface area contributed by atoms with Gasteiger partial charge in [0.2, 0.25) is 5.88 Å². The SMILES string of the molecule is Cc1ccc([C@H]2CC2COc2cc(NCc3nnc(C)s3)nc(C(C)(C)O)n2)nc1. The van der Waals surface area contributed by atoms with Gasteiger partial charge in [-0.15, -0.1) is 10.2 Å². The number of hydrogen-bond acceptors (Lipinski definition) is 9. The minimum absolute atomic E-state index is 0.309. The molecule has 2 atom stereocenters. The van der Waals surface area contributed by atoms with Gasteiger partial charge in [0, 0.05) is 29.8 Å². The van der Waals surface area contributed by atoms with Crippen LogP contribution >= 0.6 is 11.3 Å². The molecule has 0 bridgehead atoms. The summed E-state index contributed by atoms with van der Waals surface area (Å²) < 4.78 is 5.98. The van der Waals surface area contributed by atoms with E-state index < -0.39 is 5.60 Å². The minimum Gasteiger partial charge on any atom is -0.477 e. The third-order valence-corrected chi connectivity index (χ3v) is 5.76. The van der Waals surface area contributed by atoms with Crippen molar-refractivity contribution in [3.8, 4) is 5.88 Å². The zero-order chi connectivity index (χ0) is 21.3. The van der Waals surface area contributed by atoms with Crippen LogP contribution in [-0.2, 0) is 12.1 Å². The second-order valence-electron chi connectivity index (χ2n) is 8.22. The Hall–Kier alpha value is -2.65. The molecule has 0 radical (unpaired) electrons. The van der Waals surface area contributed by atoms with Crippen LogP contribution in [0.5, 0.6) is 5.88 Å². The average molecular weight is 427 g/mol. The lowest BCUT2D eigenvalue weighted by Crippen LogP contribution is -2.21. The largest absolute Gasteiger partial charge is 0.477 e. The molecular weight excluding hydrogens is 400 g/mol. The van der Waals surface area contributed by atoms with Crippen molar-refractivity contribution < 1.29 is 9.84 Å². The molecule has 0 spiro atoms. The first kappa shape index (κ1) is 20.6. The summed E-state index contributed by atoms with van der Waals surface area (Å²) in [6, 6.07) is 5.94. The first-order chi connectivity index (χ1) is 14.3. The van der Waals surface area contributed by atoms with Gasteiger partial charge in [-0.2, -0.15) is 4.98 Å². The van der Waals surface area contributed by atoms with Gasteiger partial charge < -0.3 is 15.2 Å². The van der Waals surface area contributed by atoms with Crippen LogP contribution in [0.15, 0.2) is 24.4 Å². The number of nitrogens with one attached hydrogen (secondary N) is 1. The minimum atomic E-state index is -1.18. The molecule has 1 unspecified atom stereocenters. The maximum absolute atomic E-state index is 10.4. The van der Waals surface area contributed by atoms with Crippen molar-refractivity contribution in [2.24, 2.45) is 5.92 Å². The van der Waals surface area contributed by atoms with Gasteiger partial charge in [0.15, 0.2) is 5.82 Å². The Bertz CT molecular complexity index is 1020. The van der Waals surface area contributed by atoms with Crippen molar-refractivity contribution in [3.63, 3.8) is 0 Å². The van der Waals surface area contributed by atoms with Gasteiger partial charge in [0.05, 0.1) is 13.2 Å². The molecule has 3 aromatic heterocycles. The maximum atomic E-state index is 10.4. The molecule has 3 heterocycles. The van der Waals surface area contributed by atoms with Crippen LogP contribution in [-0.4, -0.2) is 36.9 Å². The van der Waals surface area contributed by atoms with E-state index >= 15 is 0 Å². The van der Waals surface area contributed by atoms with Crippen molar-refractivity contribution in [1.29, 1.82) is 0 Å². The molecule has 2 N–H and O–H groups in total. The Labute approximate surface area is 179 Å². The molecule has 4 rings (SSSR count). The molecule has 1 fully saturated rings. The first-order valence-corrected chi connectivity index (χ1v) is 10.8. The van der Waals surface area contributed by atoms with E-state index in [0.29, 0.717) is 42.5 Å². The number of nitrogens with zero attached hydrogens (tertiary/aromatic N) is 5. The number of rotatable bonds is 8. The molecule has 8 nitrogen and oxygen atoms in total. The van der Waals surface area contributed by atoms with Crippen LogP contribution < -0.4 is 10.1 Å². The fraction of sp³-hybridized carbons (Fsp3) is 0.476. The van der Waals surface area contributed by atoms with Gasteiger partial charge in [-0.05, 0) is 45.7 Å². The normalized spacial score (nSPS) is 18.3. The number of ether oxygens (including phenoxy) is 1. The predicted octanol–water partition coefficient (Wildman–Crippen LogP) is 3.36. The number of pyridine rings is 1. The van der Waals surface area contributed by atoms with E-state index in [1.807, 2.05) is 20.0 Å². The van der Waals surface area contributed by atoms with Crippen molar-refractivity contribution in [3.05, 3.63) is 51.5 Å². The number of aryl methyl sites for hydroxylation is 2. The molecule has 0 aliphatic heterocycles. The number of hydrogen-bond donors (Lipinski definition) is 2. The summed E-state index contributed by atoms with van der Waals surface area (Å²) in [7, 11) is 0. The van der Waals surface area contributed by atoms with Crippen LogP contribution in [0, 0.1) is 19.8 Å². The highest BCUT2D eigenvalue weighted by Crippen LogP contribution is 2.46. The van der Waals surface area contributed by atoms with E-state index in [4.69, 9.17) is 4.74 Å². The summed E-state index contributed by atoms with van der Waals surface area (Å²) in [4.78, 5) is 13.4. The molecular formula is C21H26N6O2S. The standard InChI is InChI=1S/C21H26N6O2S/c1-12-5-6-16(22-9-12)15-7-14(15)11-29-18-8-17(24-20(25-18)21(3,4)28)23-10-19-27-26-13(2)30-19/h5-6,8-9,14-15,28H,7,10-11H2,1-4H3,(H,23,24,25)/t14?,15-/m0/s1. The van der Waals surface area contributed by atoms with Crippen LogP contribution in [0.2, 0.25) is 0 Å². The molecule has 0 saturated heterocycles. The molecule has 0 amide bonds. The molecule has 3 aromatic rings. The number of aromatic nitrogens is 5. The molecule has 158 valence electrons. The molecule has 1 aliphatic carbocycles. The van der Waals surface area contributed by atoms with E-state index in [1.165, 1.54) is 11.3 Å². The van der Waals surface area contributed by atoms with Gasteiger partial charge in [-0.25, -0.2) is 4.98 Å². The predicted molar refractivity (Wildman–Crippen MR) is 115 cm³/mol. The van der Waals surface area contributed by atoms with Gasteiger partial charge in [0.1, 0.15) is 21.4 Å². The average Bonchev–Trinajstić information content (AvgIpc) is 3.36. The molecule has 9 heteroatoms. The van der Waals surface area contributed by atoms with Gasteiger partial charge in [0.25, 0.3) is 0 Å². The molecule has 1 saturated carbocycles. The first-order valence-electron chi connectivity index (χ1n) is 9.98. The highest BCUT2D eigenvalue weighted by atomic mass is 32.1. The van der Waals surface area contributed by atoms with Crippen LogP contribution in [0.4, 0.5) is 5.82 Å². The summed E-state index contributed by atoms with van der Waals surface area (Å²) in [5.41, 5.74) is 1.10. The van der Waals surface area contributed by atoms with Gasteiger partial charge in [-0.1, -0.05) is 17.4 Å². The molecule has 1 aliphatic rings. The summed E-state index contributed by atoms with van der Waals surface area (Å²) in [5, 5.41) is 23.5. The fourth-order valence-electron chi connectivity index (χ4n) is 3.12. The zero-order valence-electron chi connectivity index (χ0n) is 17.6. The number of anilines is 1. The van der Waals surface area contributed by atoms with Gasteiger partial charge >= 0.3 is 0 Å². The Morgan fingerprint density at radius 2 is 2.07 bits per heavy atom. The van der Waals surface area contributed by atoms with Crippen molar-refractivity contribution >= 4 is 17.2 Å². The van der Waals surface area contributed by atoms with E-state index in [9.17, 15) is 5.11 Å². The fourth-order valence-corrected chi connectivity index (χ4v) is 3.77. The third kappa shape index (κ3) is 5.09. The highest BCUT2D eigenvalue weighted by Gasteiger charge is 2.40. The Kier molecular flexibility index (Phi) is 5.66. The monoisotopic (exact) mass is 426 g/mol. The maximum Gasteiger partial charge on any atom is 0.218 e. The lowest BCUT2D eigenvalue weighted by molar-refractivity contribution is 0.0678. The van der Waals surface area contributed by atoms with Gasteiger partial charge in [-0.3, -0.25) is 4.98 Å². The summed E-state index contributed by atoms with van der Waals surface area (Å²) in [5.74, 6) is 2.18. The third-order valence-electron chi connectivity index (χ3n) is 4.92. The smallest absolute Gasteiger partial charge is 0.218 e. The summed E-state index contributed by atoms with van der Waals surface area (Å²) in [6.07, 6.45) is 2.96. The number of aliphatic hydroxyl groups is 1. The van der Waals surface area contributed by atoms with Crippen LogP contribution in [0.25, 0.3) is 0 Å². The van der Waals surface area contributed by atoms with Crippen LogP contribution in [0.1, 0.15) is 53.3 Å². The highest BCUT2D eigenvalue weighted by molar-refractivity contribution is 7.11. The topological polar surface area (TPSA) is 106 Å². The zero-order valence-corrected chi connectivity index (χ0v) is 18.4. The molecule has 0 aromatic carbocycles. The van der Waals surface area contributed by atoms with Crippen molar-refractivity contribution in [2.45, 2.75) is 52.2 Å². The van der Waals surface area contributed by atoms with E-state index in [-0.39, 0.29) is 0 Å². The second-order valence-corrected chi connectivity index (χ2v) is 9.48. The Balaban J connectivity index is 1.42. The van der Waals surface area contributed by atoms with Crippen molar-refractivity contribution in [2.75, 3.05) is 11.9 Å². The Morgan fingerprint density at radius 3 is 2.73 bits per heavy atom. The quantitative estimate of drug-likeness (QED) is 0.565. The van der Waals surface area contributed by atoms with Crippen molar-refractivity contribution in [1.82, 2.24) is 25.1 Å². The van der Waals surface area contributed by atoms with Crippen LogP contribution in [0.3, 0.4) is 0 Å². The van der Waals surface area contributed by atoms with E-state index in [0.717, 1.165) is 27.7 Å². The lowest BCUT2D eigenvalue weighted by Gasteiger charge is -2.18. The summed E-state index contributed by atoms with van der Waals surface area (Å²) >= 11 is 1.53. The van der Waals surface area contributed by atoms with E-state index in [1.54, 1.807) is 19.9 Å². The lowest BCUT2D eigenvalue weighted by atomic mass is 10.1. The Morgan fingerprint density at radius 1 is 1.23 bits per heavy atom. The summed E-state index contributed by atoms with van der Waals surface area (Å²) in [6.45, 7) is 8.32.